The van der Waals surface area contributed by atoms with Gasteiger partial charge in [-0.15, -0.1) is 0 Å². The Bertz CT molecular complexity index is 1210. The van der Waals surface area contributed by atoms with Crippen molar-refractivity contribution in [2.75, 3.05) is 33.4 Å². The quantitative estimate of drug-likeness (QED) is 0.329. The van der Waals surface area contributed by atoms with Crippen molar-refractivity contribution in [1.29, 1.82) is 0 Å². The highest BCUT2D eigenvalue weighted by molar-refractivity contribution is 7.89. The van der Waals surface area contributed by atoms with Gasteiger partial charge in [-0.05, 0) is 30.3 Å². The molecular weight excluding hydrogens is 463 g/mol. The van der Waals surface area contributed by atoms with E-state index in [-0.39, 0.29) is 34.7 Å². The van der Waals surface area contributed by atoms with Gasteiger partial charge in [0.15, 0.2) is 0 Å². The zero-order valence-corrected chi connectivity index (χ0v) is 20.0. The maximum atomic E-state index is 14.7. The number of benzene rings is 2. The number of methoxy groups -OCH3 is 1. The molecule has 10 heteroatoms. The van der Waals surface area contributed by atoms with Crippen LogP contribution in [-0.2, 0) is 24.3 Å². The fourth-order valence-corrected chi connectivity index (χ4v) is 5.43. The Morgan fingerprint density at radius 3 is 2.26 bits per heavy atom. The molecule has 1 N–H and O–H groups in total. The highest BCUT2D eigenvalue weighted by atomic mass is 32.2. The van der Waals surface area contributed by atoms with Crippen molar-refractivity contribution in [2.45, 2.75) is 24.8 Å². The van der Waals surface area contributed by atoms with Crippen LogP contribution < -0.4 is 0 Å². The molecule has 0 spiro atoms. The molecule has 1 aliphatic heterocycles. The van der Waals surface area contributed by atoms with Crippen LogP contribution in [0.25, 0.3) is 5.76 Å². The topological polar surface area (TPSA) is 104 Å². The molecule has 0 unspecified atom stereocenters. The molecule has 0 bridgehead atoms. The Hall–Kier alpha value is -3.08. The largest absolute Gasteiger partial charge is 0.507 e. The van der Waals surface area contributed by atoms with Gasteiger partial charge in [0, 0.05) is 37.9 Å². The average molecular weight is 491 g/mol. The molecule has 1 heterocycles. The summed E-state index contributed by atoms with van der Waals surface area (Å²) in [5.41, 5.74) is -0.0878. The number of aliphatic hydroxyl groups is 1. The van der Waals surface area contributed by atoms with Crippen LogP contribution in [0.4, 0.5) is 4.39 Å². The molecule has 1 amide bonds. The van der Waals surface area contributed by atoms with Crippen molar-refractivity contribution in [2.24, 2.45) is 0 Å². The van der Waals surface area contributed by atoms with E-state index < -0.39 is 39.3 Å². The smallest absolute Gasteiger partial charge is 0.295 e. The number of sulfonamides is 1. The van der Waals surface area contributed by atoms with Gasteiger partial charge in [0.1, 0.15) is 11.6 Å². The van der Waals surface area contributed by atoms with Crippen molar-refractivity contribution < 1.29 is 32.2 Å². The summed E-state index contributed by atoms with van der Waals surface area (Å²) in [6, 6.07) is 9.90. The molecule has 182 valence electrons. The van der Waals surface area contributed by atoms with Crippen LogP contribution >= 0.6 is 0 Å². The predicted octanol–water partition coefficient (Wildman–Crippen LogP) is 2.92. The molecule has 3 rings (SSSR count). The van der Waals surface area contributed by atoms with Gasteiger partial charge in [-0.1, -0.05) is 32.0 Å². The molecule has 34 heavy (non-hydrogen) atoms. The lowest BCUT2D eigenvalue weighted by atomic mass is 9.95. The van der Waals surface area contributed by atoms with E-state index >= 15 is 0 Å². The number of rotatable bonds is 9. The van der Waals surface area contributed by atoms with Crippen LogP contribution in [0.15, 0.2) is 59.0 Å². The number of likely N-dealkylation sites (tertiary alicyclic amines) is 1. The second kappa shape index (κ2) is 10.5. The molecule has 0 saturated carbocycles. The van der Waals surface area contributed by atoms with E-state index in [4.69, 9.17) is 4.74 Å². The van der Waals surface area contributed by atoms with Gasteiger partial charge in [0.2, 0.25) is 10.0 Å². The van der Waals surface area contributed by atoms with E-state index in [0.717, 1.165) is 4.90 Å². The second-order valence-corrected chi connectivity index (χ2v) is 9.56. The minimum Gasteiger partial charge on any atom is -0.507 e. The van der Waals surface area contributed by atoms with E-state index in [0.29, 0.717) is 13.1 Å². The number of carbonyl (C=O) groups excluding carboxylic acids is 2. The van der Waals surface area contributed by atoms with Crippen LogP contribution in [0.3, 0.4) is 0 Å². The normalized spacial score (nSPS) is 18.1. The van der Waals surface area contributed by atoms with Gasteiger partial charge in [-0.3, -0.25) is 9.59 Å². The molecule has 2 aromatic carbocycles. The lowest BCUT2D eigenvalue weighted by Crippen LogP contribution is -2.33. The molecule has 1 aliphatic rings. The van der Waals surface area contributed by atoms with Crippen LogP contribution in [0.5, 0.6) is 0 Å². The number of aliphatic hydroxyl groups excluding tert-OH is 1. The van der Waals surface area contributed by atoms with Crippen molar-refractivity contribution in [3.05, 3.63) is 71.0 Å². The molecular formula is C24H27FN2O6S. The molecule has 0 aliphatic carbocycles. The van der Waals surface area contributed by atoms with Crippen LogP contribution in [0.2, 0.25) is 0 Å². The van der Waals surface area contributed by atoms with E-state index in [9.17, 15) is 27.5 Å². The maximum Gasteiger partial charge on any atom is 0.295 e. The summed E-state index contributed by atoms with van der Waals surface area (Å²) >= 11 is 0. The number of hydrogen-bond acceptors (Lipinski definition) is 6. The van der Waals surface area contributed by atoms with Gasteiger partial charge >= 0.3 is 0 Å². The minimum atomic E-state index is -3.72. The fraction of sp³-hybridized carbons (Fsp3) is 0.333. The number of amides is 1. The molecule has 1 saturated heterocycles. The van der Waals surface area contributed by atoms with Gasteiger partial charge in [-0.25, -0.2) is 12.8 Å². The predicted molar refractivity (Wildman–Crippen MR) is 124 cm³/mol. The van der Waals surface area contributed by atoms with Crippen molar-refractivity contribution in [3.63, 3.8) is 0 Å². The van der Waals surface area contributed by atoms with Crippen LogP contribution in [0, 0.1) is 5.82 Å². The van der Waals surface area contributed by atoms with Crippen molar-refractivity contribution in [1.82, 2.24) is 9.21 Å². The summed E-state index contributed by atoms with van der Waals surface area (Å²) in [6.07, 6.45) is 0. The molecule has 8 nitrogen and oxygen atoms in total. The standard InChI is InChI=1S/C24H27FN2O6S/c1-4-26(5-2)34(31,32)17-12-10-16(11-13-17)22(28)20-21(18-8-6-7-9-19(18)25)27(14-15-33-3)24(30)23(20)29/h6-13,21,28H,4-5,14-15H2,1-3H3/t21-/m0/s1. The Kier molecular flexibility index (Phi) is 7.86. The number of carbonyl (C=O) groups is 2. The van der Waals surface area contributed by atoms with E-state index in [1.54, 1.807) is 19.9 Å². The summed E-state index contributed by atoms with van der Waals surface area (Å²) in [5.74, 6) is -2.99. The summed E-state index contributed by atoms with van der Waals surface area (Å²) in [4.78, 5) is 26.8. The fourth-order valence-electron chi connectivity index (χ4n) is 3.97. The Morgan fingerprint density at radius 1 is 1.09 bits per heavy atom. The Labute approximate surface area is 198 Å². The number of hydrogen-bond donors (Lipinski definition) is 1. The first-order valence-electron chi connectivity index (χ1n) is 10.8. The van der Waals surface area contributed by atoms with Crippen molar-refractivity contribution in [3.8, 4) is 0 Å². The highest BCUT2D eigenvalue weighted by Crippen LogP contribution is 2.40. The van der Waals surface area contributed by atoms with Gasteiger partial charge < -0.3 is 14.7 Å². The third-order valence-corrected chi connectivity index (χ3v) is 7.81. The first-order valence-corrected chi connectivity index (χ1v) is 12.2. The summed E-state index contributed by atoms with van der Waals surface area (Å²) in [6.45, 7) is 4.18. The Morgan fingerprint density at radius 2 is 1.71 bits per heavy atom. The number of halogens is 1. The Balaban J connectivity index is 2.11. The second-order valence-electron chi connectivity index (χ2n) is 7.62. The van der Waals surface area contributed by atoms with E-state index in [1.165, 1.54) is 53.9 Å². The highest BCUT2D eigenvalue weighted by Gasteiger charge is 2.46. The first-order chi connectivity index (χ1) is 16.2. The maximum absolute atomic E-state index is 14.7. The molecule has 2 aromatic rings. The van der Waals surface area contributed by atoms with Gasteiger partial charge in [0.25, 0.3) is 11.7 Å². The lowest BCUT2D eigenvalue weighted by Gasteiger charge is -2.25. The van der Waals surface area contributed by atoms with Crippen molar-refractivity contribution >= 4 is 27.5 Å². The summed E-state index contributed by atoms with van der Waals surface area (Å²) in [5, 5.41) is 11.0. The number of nitrogens with zero attached hydrogens (tertiary/aromatic N) is 2. The number of ketones is 1. The summed E-state index contributed by atoms with van der Waals surface area (Å²) in [7, 11) is -2.28. The van der Waals surface area contributed by atoms with Gasteiger partial charge in [-0.2, -0.15) is 4.31 Å². The van der Waals surface area contributed by atoms with Crippen LogP contribution in [0.1, 0.15) is 31.0 Å². The monoisotopic (exact) mass is 490 g/mol. The number of ether oxygens (including phenoxy) is 1. The zero-order valence-electron chi connectivity index (χ0n) is 19.2. The van der Waals surface area contributed by atoms with Crippen LogP contribution in [-0.4, -0.2) is 67.8 Å². The first kappa shape index (κ1) is 25.5. The SMILES string of the molecule is CCN(CC)S(=O)(=O)c1ccc(C(O)=C2C(=O)C(=O)N(CCOC)[C@H]2c2ccccc2F)cc1. The minimum absolute atomic E-state index is 0.0118. The number of Topliss-reactive ketones (excluding diaryl/α,β-unsaturated/α-hetero) is 1. The lowest BCUT2D eigenvalue weighted by molar-refractivity contribution is -0.140. The zero-order chi connectivity index (χ0) is 25.0. The third kappa shape index (κ3) is 4.61. The summed E-state index contributed by atoms with van der Waals surface area (Å²) < 4.78 is 46.5. The molecule has 0 aromatic heterocycles. The molecule has 1 atom stereocenters. The molecule has 1 fully saturated rings. The average Bonchev–Trinajstić information content (AvgIpc) is 3.08. The third-order valence-electron chi connectivity index (χ3n) is 5.75. The van der Waals surface area contributed by atoms with Gasteiger partial charge in [0.05, 0.1) is 23.1 Å². The van der Waals surface area contributed by atoms with E-state index in [2.05, 4.69) is 0 Å². The molecule has 0 radical (unpaired) electrons. The van der Waals surface area contributed by atoms with E-state index in [1.807, 2.05) is 0 Å².